The van der Waals surface area contributed by atoms with Gasteiger partial charge in [-0.05, 0) is 184 Å². The van der Waals surface area contributed by atoms with Crippen molar-refractivity contribution in [1.29, 1.82) is 0 Å². The number of ether oxygens (including phenoxy) is 2. The molecule has 3 amide bonds. The van der Waals surface area contributed by atoms with E-state index in [0.29, 0.717) is 11.8 Å². The number of carbonyl (C=O) groups excluding carboxylic acids is 3. The number of aliphatic hydroxyl groups is 1. The fraction of sp³-hybridized carbons (Fsp3) is 0.567. The van der Waals surface area contributed by atoms with Gasteiger partial charge in [-0.3, -0.25) is 14.9 Å². The van der Waals surface area contributed by atoms with Gasteiger partial charge in [0.1, 0.15) is 36.6 Å². The topological polar surface area (TPSA) is 178 Å². The molecule has 6 aliphatic carbocycles. The molecule has 14 nitrogen and oxygen atoms in total. The average molecular weight is 1140 g/mol. The van der Waals surface area contributed by atoms with Crippen molar-refractivity contribution in [2.75, 3.05) is 13.3 Å². The number of nitrogens with zero attached hydrogens (tertiary/aromatic N) is 4. The predicted octanol–water partition coefficient (Wildman–Crippen LogP) is 13.0. The maximum absolute atomic E-state index is 14.8. The largest absolute Gasteiger partial charge is 0.441 e. The molecule has 4 bridgehead atoms. The van der Waals surface area contributed by atoms with Gasteiger partial charge in [-0.25, -0.2) is 23.5 Å². The highest BCUT2D eigenvalue weighted by Crippen LogP contribution is 2.49. The zero-order valence-electron chi connectivity index (χ0n) is 50.0. The monoisotopic (exact) mass is 1140 g/mol. The van der Waals surface area contributed by atoms with Crippen LogP contribution in [0.1, 0.15) is 178 Å². The molecular weight excluding hydrogens is 1050 g/mol. The molecule has 16 heteroatoms. The Labute approximate surface area is 487 Å². The number of likely N-dealkylation sites (tertiary alicyclic amines) is 2. The minimum absolute atomic E-state index is 0.0323. The molecule has 0 spiro atoms. The molecule has 2 saturated carbocycles. The Kier molecular flexibility index (Phi) is 16.7. The zero-order valence-corrected chi connectivity index (χ0v) is 50.0. The van der Waals surface area contributed by atoms with Gasteiger partial charge in [0.25, 0.3) is 0 Å². The summed E-state index contributed by atoms with van der Waals surface area (Å²) in [5.41, 5.74) is 10.6. The number of halogens is 2. The molecule has 444 valence electrons. The Hall–Kier alpha value is -6.23. The van der Waals surface area contributed by atoms with E-state index in [1.807, 2.05) is 37.5 Å². The van der Waals surface area contributed by atoms with Crippen LogP contribution in [0, 0.1) is 23.7 Å². The molecule has 1 unspecified atom stereocenters. The number of imidazole rings is 2. The molecule has 4 fully saturated rings. The van der Waals surface area contributed by atoms with Crippen molar-refractivity contribution in [3.8, 4) is 22.3 Å². The second-order valence-electron chi connectivity index (χ2n) is 26.8. The van der Waals surface area contributed by atoms with Crippen LogP contribution in [-0.2, 0) is 38.3 Å². The zero-order chi connectivity index (χ0) is 58.6. The summed E-state index contributed by atoms with van der Waals surface area (Å²) in [7, 11) is 0. The number of carbonyl (C=O) groups is 3. The molecule has 0 radical (unpaired) electrons. The second-order valence-corrected chi connectivity index (χ2v) is 26.8. The van der Waals surface area contributed by atoms with Gasteiger partial charge in [-0.2, -0.15) is 0 Å². The molecule has 2 aromatic heterocycles. The minimum atomic E-state index is -1.52. The van der Waals surface area contributed by atoms with Crippen molar-refractivity contribution >= 4 is 40.0 Å². The van der Waals surface area contributed by atoms with Gasteiger partial charge in [0.2, 0.25) is 18.2 Å². The van der Waals surface area contributed by atoms with Crippen molar-refractivity contribution in [3.05, 3.63) is 107 Å². The van der Waals surface area contributed by atoms with E-state index < -0.39 is 49.1 Å². The normalized spacial score (nSPS) is 24.0. The number of benzene rings is 4. The second kappa shape index (κ2) is 23.7. The minimum Gasteiger partial charge on any atom is -0.441 e. The fourth-order valence-electron chi connectivity index (χ4n) is 14.4. The van der Waals surface area contributed by atoms with E-state index in [1.165, 1.54) is 47.2 Å². The average Bonchev–Trinajstić information content (AvgIpc) is 4.31. The highest BCUT2D eigenvalue weighted by atomic mass is 19.1. The summed E-state index contributed by atoms with van der Waals surface area (Å²) in [6, 6.07) is 24.8. The summed E-state index contributed by atoms with van der Waals surface area (Å²) < 4.78 is 38.4. The molecule has 4 aromatic carbocycles. The van der Waals surface area contributed by atoms with Crippen molar-refractivity contribution in [3.63, 3.8) is 0 Å². The molecule has 5 N–H and O–H groups in total. The van der Waals surface area contributed by atoms with Crippen LogP contribution < -0.4 is 10.6 Å². The molecule has 6 aromatic rings. The molecular formula is C67H86F2N8O6. The van der Waals surface area contributed by atoms with E-state index in [2.05, 4.69) is 100 Å². The number of fused-ring (bicyclic) bond motifs is 4. The number of hydrogen-bond donors (Lipinski definition) is 5. The van der Waals surface area contributed by atoms with Crippen LogP contribution in [0.2, 0.25) is 0 Å². The molecule has 83 heavy (non-hydrogen) atoms. The summed E-state index contributed by atoms with van der Waals surface area (Å²) in [6.45, 7) is 14.6. The molecule has 4 heterocycles. The van der Waals surface area contributed by atoms with Crippen molar-refractivity contribution in [1.82, 2.24) is 40.4 Å². The van der Waals surface area contributed by atoms with E-state index in [-0.39, 0.29) is 53.7 Å². The number of H-pyrrole nitrogens is 2. The van der Waals surface area contributed by atoms with E-state index >= 15 is 0 Å². The van der Waals surface area contributed by atoms with Crippen LogP contribution in [0.3, 0.4) is 0 Å². The van der Waals surface area contributed by atoms with Crippen molar-refractivity contribution in [2.45, 2.75) is 206 Å². The number of alkyl carbamates (subject to hydrolysis) is 1. The highest BCUT2D eigenvalue weighted by Gasteiger charge is 2.50. The molecule has 2 aliphatic heterocycles. The Balaban J connectivity index is 0.842. The van der Waals surface area contributed by atoms with Gasteiger partial charge in [0.15, 0.2) is 0 Å². The Bertz CT molecular complexity index is 3350. The number of aryl methyl sites for hydroxylation is 2. The van der Waals surface area contributed by atoms with Gasteiger partial charge in [0, 0.05) is 12.1 Å². The van der Waals surface area contributed by atoms with Gasteiger partial charge in [0.05, 0.1) is 45.8 Å². The van der Waals surface area contributed by atoms with Crippen LogP contribution in [0.5, 0.6) is 0 Å². The molecule has 10 atom stereocenters. The first-order valence-corrected chi connectivity index (χ1v) is 30.8. The van der Waals surface area contributed by atoms with Gasteiger partial charge in [-0.15, -0.1) is 0 Å². The van der Waals surface area contributed by atoms with Crippen molar-refractivity contribution < 1.29 is 37.7 Å². The first-order chi connectivity index (χ1) is 39.7. The lowest BCUT2D eigenvalue weighted by atomic mass is 9.84. The molecule has 2 saturated heterocycles. The SMILES string of the molecule is CC(C)[C@H](NC(=O)OC(C)(C)CF)C(=O)N1[C@H](c2nc3cc(-c4cc5ccc4C[C@@H](C)c4ccc(c(-c6ccc7[nH]c([C@@H]8C[C@@H]9CCCC[C@@H]9N8C(=O)[C@@H](NC(O)OC(C)(C)CF)C(C)C)nc7c6)c4)CC5)ccc3[nH]2)C[C@@H]2CCCC[C@@H]21. The molecule has 8 aliphatic rings. The summed E-state index contributed by atoms with van der Waals surface area (Å²) in [4.78, 5) is 64.6. The van der Waals surface area contributed by atoms with Gasteiger partial charge in [-0.1, -0.05) is 109 Å². The smallest absolute Gasteiger partial charge is 0.408 e. The third-order valence-corrected chi connectivity index (χ3v) is 18.9. The first-order valence-electron chi connectivity index (χ1n) is 30.8. The van der Waals surface area contributed by atoms with Crippen LogP contribution in [0.25, 0.3) is 44.3 Å². The summed E-state index contributed by atoms with van der Waals surface area (Å²) in [6.07, 6.45) is 9.99. The summed E-state index contributed by atoms with van der Waals surface area (Å²) in [5.74, 6) is 1.70. The number of aromatic nitrogens is 4. The van der Waals surface area contributed by atoms with E-state index in [4.69, 9.17) is 19.4 Å². The Morgan fingerprint density at radius 3 is 1.76 bits per heavy atom. The van der Waals surface area contributed by atoms with E-state index in [1.54, 1.807) is 13.8 Å². The third kappa shape index (κ3) is 12.1. The van der Waals surface area contributed by atoms with Crippen LogP contribution >= 0.6 is 0 Å². The highest BCUT2D eigenvalue weighted by molar-refractivity contribution is 5.88. The Morgan fingerprint density at radius 2 is 1.20 bits per heavy atom. The fourth-order valence-corrected chi connectivity index (χ4v) is 14.4. The van der Waals surface area contributed by atoms with Crippen LogP contribution in [0.4, 0.5) is 13.6 Å². The van der Waals surface area contributed by atoms with Gasteiger partial charge < -0.3 is 39.7 Å². The number of amides is 3. The summed E-state index contributed by atoms with van der Waals surface area (Å²) >= 11 is 0. The molecule has 14 rings (SSSR count). The van der Waals surface area contributed by atoms with E-state index in [9.17, 15) is 28.3 Å². The number of aliphatic hydroxyl groups excluding tert-OH is 1. The maximum atomic E-state index is 14.8. The number of hydrogen-bond acceptors (Lipinski definition) is 9. The lowest BCUT2D eigenvalue weighted by Crippen LogP contribution is -2.56. The standard InChI is InChI=1S/C67H86F2N8O6/c1-37(2)58(74-64(80)82-66(6,7)35-68)62(78)76-54-16-12-10-14-46(54)33-56(76)60-70-50-26-24-44(31-52(50)72-60)48-29-40-18-20-41-22-23-42(39(5)28-43(48)21-19-40)30-49(41)45-25-27-51-53(32-45)73-61(71-51)57-34-47-15-11-13-17-55(47)77(57)63(79)59(38(3)4)75-65(81)83-67(8,9)36-69/h19,21-27,29-32,37-39,46-47,54-59,65,75,81H,10-18,20,28,33-36H2,1-9H3,(H,70,72)(H,71,73)(H,74,80)/t39-,46+,47+,54+,55+,56+,57+,58+,59+,65?/m1/s1. The van der Waals surface area contributed by atoms with Crippen LogP contribution in [-0.4, -0.2) is 108 Å². The quantitative estimate of drug-likeness (QED) is 0.0590. The number of nitrogens with one attached hydrogen (secondary N) is 4. The number of aromatic amines is 2. The lowest BCUT2D eigenvalue weighted by molar-refractivity contribution is -0.199. The lowest BCUT2D eigenvalue weighted by Gasteiger charge is -2.38. The summed E-state index contributed by atoms with van der Waals surface area (Å²) in [5, 5.41) is 16.7. The predicted molar refractivity (Wildman–Crippen MR) is 320 cm³/mol. The third-order valence-electron chi connectivity index (χ3n) is 18.9. The number of rotatable bonds is 16. The van der Waals surface area contributed by atoms with Crippen LogP contribution in [0.15, 0.2) is 72.8 Å². The maximum Gasteiger partial charge on any atom is 0.408 e. The van der Waals surface area contributed by atoms with E-state index in [0.717, 1.165) is 128 Å². The Morgan fingerprint density at radius 1 is 0.675 bits per heavy atom. The van der Waals surface area contributed by atoms with Gasteiger partial charge >= 0.3 is 6.09 Å². The number of alkyl halides is 2. The first kappa shape index (κ1) is 58.5. The van der Waals surface area contributed by atoms with Crippen molar-refractivity contribution in [2.24, 2.45) is 23.7 Å².